The molecule has 6 aromatic carbocycles. The predicted octanol–water partition coefficient (Wildman–Crippen LogP) is 11.3. The summed E-state index contributed by atoms with van der Waals surface area (Å²) < 4.78 is 49.8. The molecule has 4 aliphatic rings. The second-order valence-electron chi connectivity index (χ2n) is 16.4. The molecule has 10 rings (SSSR count). The first-order valence-electron chi connectivity index (χ1n) is 20.0. The minimum atomic E-state index is -3.81. The molecule has 4 bridgehead atoms. The highest BCUT2D eigenvalue weighted by Crippen LogP contribution is 2.66. The van der Waals surface area contributed by atoms with E-state index in [0.29, 0.717) is 39.9 Å². The van der Waals surface area contributed by atoms with Gasteiger partial charge < -0.3 is 18.9 Å². The Morgan fingerprint density at radius 2 is 0.881 bits per heavy atom. The molecule has 4 saturated carbocycles. The fourth-order valence-electron chi connectivity index (χ4n) is 10.1. The second kappa shape index (κ2) is 15.2. The number of methoxy groups -OCH3 is 1. The first kappa shape index (κ1) is 38.3. The Hall–Kier alpha value is -6.19. The molecule has 0 N–H and O–H groups in total. The number of Topliss-reactive ketones (excluding diaryl/α,β-unsaturated/α-hetero) is 1. The summed E-state index contributed by atoms with van der Waals surface area (Å²) in [5.41, 5.74) is 4.06. The molecular formula is C50H44O8S. The molecule has 6 aromatic rings. The molecule has 2 atom stereocenters. The summed E-state index contributed by atoms with van der Waals surface area (Å²) in [6.45, 7) is 1.50. The number of rotatable bonds is 12. The van der Waals surface area contributed by atoms with Crippen LogP contribution in [0.4, 0.5) is 0 Å². The van der Waals surface area contributed by atoms with Gasteiger partial charge in [0.2, 0.25) is 9.84 Å². The Bertz CT molecular complexity index is 2580. The van der Waals surface area contributed by atoms with E-state index in [-0.39, 0.29) is 26.4 Å². The highest BCUT2D eigenvalue weighted by molar-refractivity contribution is 7.91. The number of sulfone groups is 1. The molecular weight excluding hydrogens is 761 g/mol. The van der Waals surface area contributed by atoms with Gasteiger partial charge in [0.1, 0.15) is 34.5 Å². The number of carbonyl (C=O) groups is 2. The minimum absolute atomic E-state index is 0.0388. The Kier molecular flexibility index (Phi) is 9.88. The standard InChI is InChI=1S/C50H44O8S/c1-33(51)36-3-11-41(12-4-36)56-43-19-23-46(24-20-43)59(53,54)47-25-21-44(22-26-47)57-42-13-5-37(6-14-42)48(52)58-45-17-9-39(10-18-45)50-30-34-27-35(31-50)29-49(28-34,32-50)38-7-15-40(55-2)16-8-38/h3-26,34-35H,27-32H2,1-2H3. The van der Waals surface area contributed by atoms with Crippen molar-refractivity contribution in [2.45, 2.75) is 66.1 Å². The van der Waals surface area contributed by atoms with E-state index in [4.69, 9.17) is 18.9 Å². The topological polar surface area (TPSA) is 105 Å². The van der Waals surface area contributed by atoms with Gasteiger partial charge in [0.05, 0.1) is 22.5 Å². The number of benzene rings is 6. The van der Waals surface area contributed by atoms with Crippen LogP contribution in [0.25, 0.3) is 0 Å². The number of carbonyl (C=O) groups excluding carboxylic acids is 2. The fourth-order valence-corrected chi connectivity index (χ4v) is 11.4. The molecule has 0 saturated heterocycles. The van der Waals surface area contributed by atoms with Gasteiger partial charge >= 0.3 is 5.97 Å². The van der Waals surface area contributed by atoms with Crippen LogP contribution >= 0.6 is 0 Å². The summed E-state index contributed by atoms with van der Waals surface area (Å²) in [6.07, 6.45) is 7.40. The minimum Gasteiger partial charge on any atom is -0.497 e. The van der Waals surface area contributed by atoms with Crippen molar-refractivity contribution in [3.05, 3.63) is 168 Å². The molecule has 4 aliphatic carbocycles. The average molecular weight is 805 g/mol. The Morgan fingerprint density at radius 3 is 1.29 bits per heavy atom. The largest absolute Gasteiger partial charge is 0.497 e. The van der Waals surface area contributed by atoms with E-state index in [0.717, 1.165) is 24.0 Å². The summed E-state index contributed by atoms with van der Waals surface area (Å²) in [5.74, 6) is 4.26. The second-order valence-corrected chi connectivity index (χ2v) is 18.4. The van der Waals surface area contributed by atoms with Crippen LogP contribution in [0.5, 0.6) is 34.5 Å². The lowest BCUT2D eigenvalue weighted by molar-refractivity contribution is -0.0281. The maximum Gasteiger partial charge on any atom is 0.343 e. The van der Waals surface area contributed by atoms with Crippen LogP contribution in [0.2, 0.25) is 0 Å². The molecule has 2 unspecified atom stereocenters. The molecule has 9 heteroatoms. The number of hydrogen-bond acceptors (Lipinski definition) is 8. The zero-order valence-corrected chi connectivity index (χ0v) is 33.7. The summed E-state index contributed by atoms with van der Waals surface area (Å²) in [7, 11) is -2.09. The van der Waals surface area contributed by atoms with Crippen LogP contribution < -0.4 is 18.9 Å². The normalized spacial score (nSPS) is 21.7. The number of esters is 1. The SMILES string of the molecule is COc1ccc(C23CC4CC(C2)CC(c2ccc(OC(=O)c5ccc(Oc6ccc(S(=O)(=O)c7ccc(Oc8ccc(C(C)=O)cc8)cc7)cc6)cc5)cc2)(C4)C3)cc1. The molecule has 0 amide bonds. The van der Waals surface area contributed by atoms with Crippen molar-refractivity contribution in [2.24, 2.45) is 11.8 Å². The van der Waals surface area contributed by atoms with E-state index in [1.807, 2.05) is 12.1 Å². The molecule has 0 radical (unpaired) electrons. The molecule has 298 valence electrons. The average Bonchev–Trinajstić information content (AvgIpc) is 3.24. The van der Waals surface area contributed by atoms with E-state index in [1.54, 1.807) is 79.9 Å². The highest BCUT2D eigenvalue weighted by atomic mass is 32.2. The fraction of sp³-hybridized carbons (Fsp3) is 0.240. The van der Waals surface area contributed by atoms with Gasteiger partial charge in [-0.2, -0.15) is 0 Å². The third-order valence-corrected chi connectivity index (χ3v) is 14.3. The first-order valence-corrected chi connectivity index (χ1v) is 21.5. The summed E-state index contributed by atoms with van der Waals surface area (Å²) in [5, 5.41) is 0. The molecule has 4 fully saturated rings. The zero-order valence-electron chi connectivity index (χ0n) is 32.9. The summed E-state index contributed by atoms with van der Waals surface area (Å²) in [6, 6.07) is 42.6. The highest BCUT2D eigenvalue weighted by Gasteiger charge is 2.58. The summed E-state index contributed by atoms with van der Waals surface area (Å²) in [4.78, 5) is 24.9. The Morgan fingerprint density at radius 1 is 0.508 bits per heavy atom. The maximum absolute atomic E-state index is 13.4. The number of ether oxygens (including phenoxy) is 4. The van der Waals surface area contributed by atoms with Crippen molar-refractivity contribution < 1.29 is 37.0 Å². The monoisotopic (exact) mass is 804 g/mol. The van der Waals surface area contributed by atoms with Crippen LogP contribution in [0, 0.1) is 11.8 Å². The molecule has 8 nitrogen and oxygen atoms in total. The number of ketones is 1. The van der Waals surface area contributed by atoms with Crippen LogP contribution in [0.15, 0.2) is 155 Å². The van der Waals surface area contributed by atoms with Crippen molar-refractivity contribution in [2.75, 3.05) is 7.11 Å². The van der Waals surface area contributed by atoms with Gasteiger partial charge in [-0.3, -0.25) is 4.79 Å². The molecule has 59 heavy (non-hydrogen) atoms. The van der Waals surface area contributed by atoms with Crippen LogP contribution in [-0.2, 0) is 20.7 Å². The van der Waals surface area contributed by atoms with Gasteiger partial charge in [-0.05, 0) is 201 Å². The van der Waals surface area contributed by atoms with E-state index < -0.39 is 15.8 Å². The molecule has 0 heterocycles. The van der Waals surface area contributed by atoms with Gasteiger partial charge in [-0.25, -0.2) is 13.2 Å². The van der Waals surface area contributed by atoms with Gasteiger partial charge in [0.15, 0.2) is 5.78 Å². The molecule has 0 aliphatic heterocycles. The smallest absolute Gasteiger partial charge is 0.343 e. The predicted molar refractivity (Wildman–Crippen MR) is 224 cm³/mol. The first-order chi connectivity index (χ1) is 28.5. The summed E-state index contributed by atoms with van der Waals surface area (Å²) >= 11 is 0. The third kappa shape index (κ3) is 7.63. The quantitative estimate of drug-likeness (QED) is 0.0684. The van der Waals surface area contributed by atoms with Crippen LogP contribution in [0.1, 0.15) is 77.3 Å². The van der Waals surface area contributed by atoms with Crippen molar-refractivity contribution in [1.82, 2.24) is 0 Å². The van der Waals surface area contributed by atoms with E-state index in [1.165, 1.54) is 74.4 Å². The van der Waals surface area contributed by atoms with E-state index >= 15 is 0 Å². The lowest BCUT2D eigenvalue weighted by atomic mass is 9.42. The molecule has 0 spiro atoms. The van der Waals surface area contributed by atoms with Crippen molar-refractivity contribution in [3.8, 4) is 34.5 Å². The van der Waals surface area contributed by atoms with Gasteiger partial charge in [-0.15, -0.1) is 0 Å². The van der Waals surface area contributed by atoms with Gasteiger partial charge in [0.25, 0.3) is 0 Å². The van der Waals surface area contributed by atoms with E-state index in [9.17, 15) is 18.0 Å². The van der Waals surface area contributed by atoms with Crippen molar-refractivity contribution in [3.63, 3.8) is 0 Å². The molecule has 0 aromatic heterocycles. The maximum atomic E-state index is 13.4. The third-order valence-electron chi connectivity index (χ3n) is 12.5. The van der Waals surface area contributed by atoms with Crippen molar-refractivity contribution in [1.29, 1.82) is 0 Å². The van der Waals surface area contributed by atoms with E-state index in [2.05, 4.69) is 36.4 Å². The van der Waals surface area contributed by atoms with Gasteiger partial charge in [-0.1, -0.05) is 24.3 Å². The Balaban J connectivity index is 0.805. The zero-order chi connectivity index (χ0) is 40.8. The lowest BCUT2D eigenvalue weighted by Crippen LogP contribution is -2.55. The van der Waals surface area contributed by atoms with Crippen molar-refractivity contribution >= 4 is 21.6 Å². The number of hydrogen-bond donors (Lipinski definition) is 0. The van der Waals surface area contributed by atoms with Gasteiger partial charge in [0, 0.05) is 5.56 Å². The Labute approximate surface area is 344 Å². The van der Waals surface area contributed by atoms with Crippen LogP contribution in [-0.4, -0.2) is 27.3 Å². The van der Waals surface area contributed by atoms with Crippen LogP contribution in [0.3, 0.4) is 0 Å². The lowest BCUT2D eigenvalue weighted by Gasteiger charge is -2.62.